The first-order valence-electron chi connectivity index (χ1n) is 7.01. The van der Waals surface area contributed by atoms with E-state index >= 15 is 0 Å². The van der Waals surface area contributed by atoms with E-state index in [2.05, 4.69) is 20.8 Å². The fraction of sp³-hybridized carbons (Fsp3) is 1.00. The number of ether oxygens (including phenoxy) is 2. The van der Waals surface area contributed by atoms with Crippen molar-refractivity contribution in [3.63, 3.8) is 0 Å². The van der Waals surface area contributed by atoms with Crippen molar-refractivity contribution in [2.75, 3.05) is 13.2 Å². The molecule has 0 N–H and O–H groups in total. The van der Waals surface area contributed by atoms with Crippen LogP contribution in [-0.4, -0.2) is 19.5 Å². The van der Waals surface area contributed by atoms with Gasteiger partial charge in [-0.2, -0.15) is 0 Å². The molecule has 0 unspecified atom stereocenters. The lowest BCUT2D eigenvalue weighted by Crippen LogP contribution is -2.31. The Hall–Kier alpha value is -0.0800. The molecule has 1 fully saturated rings. The zero-order valence-corrected chi connectivity index (χ0v) is 11.2. The molecule has 1 rings (SSSR count). The Morgan fingerprint density at radius 2 is 1.44 bits per heavy atom. The molecular weight excluding hydrogens is 200 g/mol. The molecule has 2 heteroatoms. The van der Waals surface area contributed by atoms with Gasteiger partial charge >= 0.3 is 0 Å². The topological polar surface area (TPSA) is 18.5 Å². The first-order valence-corrected chi connectivity index (χ1v) is 7.01. The highest BCUT2D eigenvalue weighted by Crippen LogP contribution is 2.32. The average molecular weight is 228 g/mol. The second kappa shape index (κ2) is 8.08. The van der Waals surface area contributed by atoms with Gasteiger partial charge in [0.15, 0.2) is 6.29 Å². The number of hydrogen-bond acceptors (Lipinski definition) is 2. The fourth-order valence-electron chi connectivity index (χ4n) is 2.35. The Labute approximate surface area is 101 Å². The normalized spacial score (nSPS) is 26.2. The lowest BCUT2D eigenvalue weighted by molar-refractivity contribution is -0.179. The maximum Gasteiger partial charge on any atom is 0.160 e. The van der Waals surface area contributed by atoms with Gasteiger partial charge in [0.25, 0.3) is 0 Å². The highest BCUT2D eigenvalue weighted by atomic mass is 16.7. The van der Waals surface area contributed by atoms with Crippen LogP contribution < -0.4 is 0 Å². The zero-order valence-electron chi connectivity index (χ0n) is 11.2. The Morgan fingerprint density at radius 3 is 1.88 bits per heavy atom. The van der Waals surface area contributed by atoms with Crippen LogP contribution in [-0.2, 0) is 9.47 Å². The molecule has 1 aliphatic rings. The van der Waals surface area contributed by atoms with E-state index < -0.39 is 0 Å². The maximum absolute atomic E-state index is 5.85. The van der Waals surface area contributed by atoms with Crippen molar-refractivity contribution >= 4 is 0 Å². The van der Waals surface area contributed by atoms with Crippen molar-refractivity contribution < 1.29 is 9.47 Å². The molecule has 1 aliphatic carbocycles. The molecule has 1 saturated carbocycles. The molecule has 0 heterocycles. The number of hydrogen-bond donors (Lipinski definition) is 0. The number of rotatable bonds is 7. The Bertz CT molecular complexity index is 154. The molecule has 0 aromatic carbocycles. The molecule has 0 aromatic heterocycles. The third kappa shape index (κ3) is 4.84. The van der Waals surface area contributed by atoms with E-state index in [-0.39, 0.29) is 6.29 Å². The predicted octanol–water partition coefficient (Wildman–Crippen LogP) is 3.99. The highest BCUT2D eigenvalue weighted by Gasteiger charge is 2.26. The van der Waals surface area contributed by atoms with Crippen LogP contribution in [0.2, 0.25) is 0 Å². The summed E-state index contributed by atoms with van der Waals surface area (Å²) in [5, 5.41) is 0. The maximum atomic E-state index is 5.85. The van der Waals surface area contributed by atoms with Crippen molar-refractivity contribution in [3.8, 4) is 0 Å². The van der Waals surface area contributed by atoms with E-state index in [4.69, 9.17) is 9.47 Å². The predicted molar refractivity (Wildman–Crippen MR) is 67.4 cm³/mol. The monoisotopic (exact) mass is 228 g/mol. The Kier molecular flexibility index (Phi) is 7.06. The van der Waals surface area contributed by atoms with Crippen molar-refractivity contribution in [3.05, 3.63) is 0 Å². The molecular formula is C14H28O2. The molecule has 2 nitrogen and oxygen atoms in total. The summed E-state index contributed by atoms with van der Waals surface area (Å²) in [6, 6.07) is 0. The van der Waals surface area contributed by atoms with Crippen LogP contribution >= 0.6 is 0 Å². The van der Waals surface area contributed by atoms with E-state index in [1.54, 1.807) is 0 Å². The van der Waals surface area contributed by atoms with Crippen molar-refractivity contribution in [2.45, 2.75) is 65.6 Å². The van der Waals surface area contributed by atoms with E-state index in [1.165, 1.54) is 25.7 Å². The molecule has 16 heavy (non-hydrogen) atoms. The van der Waals surface area contributed by atoms with Crippen LogP contribution in [0.25, 0.3) is 0 Å². The summed E-state index contributed by atoms with van der Waals surface area (Å²) >= 11 is 0. The second-order valence-corrected chi connectivity index (χ2v) is 5.13. The molecule has 0 aliphatic heterocycles. The average Bonchev–Trinajstić information content (AvgIpc) is 2.31. The van der Waals surface area contributed by atoms with Crippen LogP contribution in [0.3, 0.4) is 0 Å². The summed E-state index contributed by atoms with van der Waals surface area (Å²) in [6.07, 6.45) is 7.45. The zero-order chi connectivity index (χ0) is 11.8. The molecule has 0 spiro atoms. The molecule has 0 amide bonds. The minimum atomic E-state index is 0.0624. The van der Waals surface area contributed by atoms with E-state index in [9.17, 15) is 0 Å². The Morgan fingerprint density at radius 1 is 0.938 bits per heavy atom. The SMILES string of the molecule is CCCOC(OCCC)C1CCC(C)CC1. The lowest BCUT2D eigenvalue weighted by atomic mass is 9.82. The smallest absolute Gasteiger partial charge is 0.160 e. The fourth-order valence-corrected chi connectivity index (χ4v) is 2.35. The van der Waals surface area contributed by atoms with Gasteiger partial charge in [0.2, 0.25) is 0 Å². The molecule has 0 aromatic rings. The highest BCUT2D eigenvalue weighted by molar-refractivity contribution is 4.72. The second-order valence-electron chi connectivity index (χ2n) is 5.13. The van der Waals surface area contributed by atoms with Crippen LogP contribution in [0, 0.1) is 11.8 Å². The quantitative estimate of drug-likeness (QED) is 0.613. The van der Waals surface area contributed by atoms with Gasteiger partial charge in [0.05, 0.1) is 0 Å². The molecule has 0 bridgehead atoms. The first-order chi connectivity index (χ1) is 7.77. The molecule has 0 radical (unpaired) electrons. The third-order valence-corrected chi connectivity index (χ3v) is 3.42. The third-order valence-electron chi connectivity index (χ3n) is 3.42. The van der Waals surface area contributed by atoms with Crippen molar-refractivity contribution in [2.24, 2.45) is 11.8 Å². The lowest BCUT2D eigenvalue weighted by Gasteiger charge is -2.32. The van der Waals surface area contributed by atoms with Gasteiger partial charge in [0.1, 0.15) is 0 Å². The van der Waals surface area contributed by atoms with E-state index in [0.717, 1.165) is 32.0 Å². The Balaban J connectivity index is 2.34. The largest absolute Gasteiger partial charge is 0.352 e. The standard InChI is InChI=1S/C14H28O2/c1-4-10-15-14(16-11-5-2)13-8-6-12(3)7-9-13/h12-14H,4-11H2,1-3H3. The van der Waals surface area contributed by atoms with Gasteiger partial charge in [-0.15, -0.1) is 0 Å². The molecule has 0 atom stereocenters. The summed E-state index contributed by atoms with van der Waals surface area (Å²) in [5.41, 5.74) is 0. The van der Waals surface area contributed by atoms with Crippen LogP contribution in [0.5, 0.6) is 0 Å². The summed E-state index contributed by atoms with van der Waals surface area (Å²) in [7, 11) is 0. The minimum absolute atomic E-state index is 0.0624. The van der Waals surface area contributed by atoms with Crippen molar-refractivity contribution in [1.29, 1.82) is 0 Å². The summed E-state index contributed by atoms with van der Waals surface area (Å²) in [6.45, 7) is 8.32. The van der Waals surface area contributed by atoms with Gasteiger partial charge in [0, 0.05) is 19.1 Å². The van der Waals surface area contributed by atoms with Gasteiger partial charge < -0.3 is 9.47 Å². The molecule has 0 saturated heterocycles. The summed E-state index contributed by atoms with van der Waals surface area (Å²) in [4.78, 5) is 0. The van der Waals surface area contributed by atoms with Crippen molar-refractivity contribution in [1.82, 2.24) is 0 Å². The minimum Gasteiger partial charge on any atom is -0.352 e. The van der Waals surface area contributed by atoms with Gasteiger partial charge in [-0.3, -0.25) is 0 Å². The van der Waals surface area contributed by atoms with Gasteiger partial charge in [-0.25, -0.2) is 0 Å². The summed E-state index contributed by atoms with van der Waals surface area (Å²) in [5.74, 6) is 1.53. The van der Waals surface area contributed by atoms with E-state index in [1.807, 2.05) is 0 Å². The van der Waals surface area contributed by atoms with Crippen LogP contribution in [0.15, 0.2) is 0 Å². The van der Waals surface area contributed by atoms with Gasteiger partial charge in [-0.05, 0) is 31.6 Å². The summed E-state index contributed by atoms with van der Waals surface area (Å²) < 4.78 is 11.7. The van der Waals surface area contributed by atoms with Crippen LogP contribution in [0.1, 0.15) is 59.3 Å². The first kappa shape index (κ1) is 14.0. The molecule has 96 valence electrons. The van der Waals surface area contributed by atoms with Crippen LogP contribution in [0.4, 0.5) is 0 Å². The van der Waals surface area contributed by atoms with E-state index in [0.29, 0.717) is 5.92 Å². The van der Waals surface area contributed by atoms with Gasteiger partial charge in [-0.1, -0.05) is 33.6 Å².